The predicted octanol–water partition coefficient (Wildman–Crippen LogP) is 4.11. The minimum absolute atomic E-state index is 0.0508. The van der Waals surface area contributed by atoms with Gasteiger partial charge in [0.1, 0.15) is 0 Å². The van der Waals surface area contributed by atoms with Gasteiger partial charge in [0.2, 0.25) is 11.8 Å². The molecule has 4 amide bonds. The first-order valence-electron chi connectivity index (χ1n) is 9.82. The SMILES string of the molecule is O=C1CCN(c2cccc(-c3ccc(N4C(=O)CCC45CC5)cc3)c2Cl)C(=O)N1. The molecule has 0 radical (unpaired) electrons. The van der Waals surface area contributed by atoms with Crippen molar-refractivity contribution < 1.29 is 14.4 Å². The topological polar surface area (TPSA) is 69.7 Å². The first-order valence-corrected chi connectivity index (χ1v) is 10.2. The summed E-state index contributed by atoms with van der Waals surface area (Å²) >= 11 is 6.65. The molecule has 0 aromatic heterocycles. The number of hydrogen-bond donors (Lipinski definition) is 1. The lowest BCUT2D eigenvalue weighted by molar-refractivity contribution is -0.120. The standard InChI is InChI=1S/C22H20ClN3O3/c23-20-16(2-1-3-17(20)25-13-9-18(27)24-21(25)29)14-4-6-15(7-5-14)26-19(28)8-10-22(26)11-12-22/h1-7H,8-13H2,(H,24,27,29). The van der Waals surface area contributed by atoms with Gasteiger partial charge in [0.05, 0.1) is 10.7 Å². The van der Waals surface area contributed by atoms with Gasteiger partial charge in [-0.15, -0.1) is 0 Å². The third-order valence-corrected chi connectivity index (χ3v) is 6.51. The van der Waals surface area contributed by atoms with Crippen LogP contribution in [0.2, 0.25) is 5.02 Å². The molecule has 2 heterocycles. The van der Waals surface area contributed by atoms with Crippen LogP contribution in [0.5, 0.6) is 0 Å². The number of nitrogens with one attached hydrogen (secondary N) is 1. The average molecular weight is 410 g/mol. The fraction of sp³-hybridized carbons (Fsp3) is 0.318. The Morgan fingerprint density at radius 1 is 0.931 bits per heavy atom. The van der Waals surface area contributed by atoms with Gasteiger partial charge in [-0.25, -0.2) is 4.79 Å². The number of amides is 4. The van der Waals surface area contributed by atoms with Crippen LogP contribution in [-0.2, 0) is 9.59 Å². The molecule has 0 unspecified atom stereocenters. The van der Waals surface area contributed by atoms with E-state index in [2.05, 4.69) is 5.32 Å². The van der Waals surface area contributed by atoms with Gasteiger partial charge in [-0.05, 0) is 43.0 Å². The molecule has 5 rings (SSSR count). The highest BCUT2D eigenvalue weighted by atomic mass is 35.5. The molecule has 3 fully saturated rings. The molecule has 2 aromatic carbocycles. The van der Waals surface area contributed by atoms with Crippen molar-refractivity contribution in [2.75, 3.05) is 16.3 Å². The normalized spacial score (nSPS) is 20.4. The molecule has 0 bridgehead atoms. The Kier molecular flexibility index (Phi) is 4.13. The number of anilines is 2. The quantitative estimate of drug-likeness (QED) is 0.829. The molecule has 29 heavy (non-hydrogen) atoms. The molecule has 2 aromatic rings. The highest BCUT2D eigenvalue weighted by Crippen LogP contribution is 2.52. The molecule has 1 saturated carbocycles. The fourth-order valence-corrected chi connectivity index (χ4v) is 4.74. The van der Waals surface area contributed by atoms with E-state index in [4.69, 9.17) is 11.6 Å². The van der Waals surface area contributed by atoms with E-state index in [1.165, 1.54) is 4.90 Å². The maximum absolute atomic E-state index is 12.4. The largest absolute Gasteiger partial charge is 0.328 e. The van der Waals surface area contributed by atoms with Crippen LogP contribution < -0.4 is 15.1 Å². The summed E-state index contributed by atoms with van der Waals surface area (Å²) < 4.78 is 0. The summed E-state index contributed by atoms with van der Waals surface area (Å²) in [6.45, 7) is 0.298. The summed E-state index contributed by atoms with van der Waals surface area (Å²) in [6.07, 6.45) is 3.97. The predicted molar refractivity (Wildman–Crippen MR) is 111 cm³/mol. The molecule has 3 aliphatic rings. The molecule has 1 spiro atoms. The van der Waals surface area contributed by atoms with Crippen LogP contribution >= 0.6 is 11.6 Å². The number of rotatable bonds is 3. The minimum atomic E-state index is -0.460. The van der Waals surface area contributed by atoms with Crippen molar-refractivity contribution in [2.45, 2.75) is 37.6 Å². The van der Waals surface area contributed by atoms with E-state index in [1.54, 1.807) is 6.07 Å². The number of hydrogen-bond acceptors (Lipinski definition) is 3. The summed E-state index contributed by atoms with van der Waals surface area (Å²) in [5.41, 5.74) is 3.26. The Labute approximate surface area is 173 Å². The van der Waals surface area contributed by atoms with Crippen molar-refractivity contribution in [3.63, 3.8) is 0 Å². The van der Waals surface area contributed by atoms with Crippen molar-refractivity contribution in [1.82, 2.24) is 5.32 Å². The van der Waals surface area contributed by atoms with Gasteiger partial charge >= 0.3 is 6.03 Å². The number of benzene rings is 2. The van der Waals surface area contributed by atoms with Gasteiger partial charge in [-0.3, -0.25) is 19.8 Å². The minimum Gasteiger partial charge on any atom is -0.306 e. The molecule has 7 heteroatoms. The van der Waals surface area contributed by atoms with Crippen LogP contribution in [0.3, 0.4) is 0 Å². The van der Waals surface area contributed by atoms with Crippen LogP contribution in [0.15, 0.2) is 42.5 Å². The van der Waals surface area contributed by atoms with Crippen LogP contribution in [0.4, 0.5) is 16.2 Å². The number of halogens is 1. The van der Waals surface area contributed by atoms with E-state index in [9.17, 15) is 14.4 Å². The first kappa shape index (κ1) is 18.2. The Morgan fingerprint density at radius 3 is 2.38 bits per heavy atom. The van der Waals surface area contributed by atoms with Gasteiger partial charge in [-0.2, -0.15) is 0 Å². The second-order valence-corrected chi connectivity index (χ2v) is 8.27. The van der Waals surface area contributed by atoms with E-state index < -0.39 is 6.03 Å². The molecule has 1 N–H and O–H groups in total. The van der Waals surface area contributed by atoms with Crippen molar-refractivity contribution in [1.29, 1.82) is 0 Å². The third-order valence-electron chi connectivity index (χ3n) is 6.11. The Hall–Kier alpha value is -2.86. The van der Waals surface area contributed by atoms with Gasteiger partial charge in [-0.1, -0.05) is 35.9 Å². The molecule has 0 atom stereocenters. The Bertz CT molecular complexity index is 1030. The smallest absolute Gasteiger partial charge is 0.306 e. The zero-order valence-electron chi connectivity index (χ0n) is 15.8. The first-order chi connectivity index (χ1) is 14.0. The highest BCUT2D eigenvalue weighted by molar-refractivity contribution is 6.36. The van der Waals surface area contributed by atoms with Crippen molar-refractivity contribution in [3.05, 3.63) is 47.5 Å². The van der Waals surface area contributed by atoms with Crippen LogP contribution in [0, 0.1) is 0 Å². The maximum atomic E-state index is 12.4. The number of nitrogens with zero attached hydrogens (tertiary/aromatic N) is 2. The average Bonchev–Trinajstić information content (AvgIpc) is 3.41. The van der Waals surface area contributed by atoms with Crippen molar-refractivity contribution >= 4 is 40.8 Å². The lowest BCUT2D eigenvalue weighted by Gasteiger charge is -2.28. The van der Waals surface area contributed by atoms with Crippen LogP contribution in [-0.4, -0.2) is 29.9 Å². The third kappa shape index (κ3) is 2.99. The number of carbonyl (C=O) groups excluding carboxylic acids is 3. The Morgan fingerprint density at radius 2 is 1.69 bits per heavy atom. The molecule has 6 nitrogen and oxygen atoms in total. The number of carbonyl (C=O) groups is 3. The lowest BCUT2D eigenvalue weighted by atomic mass is 10.0. The molecule has 2 aliphatic heterocycles. The summed E-state index contributed by atoms with van der Waals surface area (Å²) in [6, 6.07) is 12.9. The van der Waals surface area contributed by atoms with E-state index in [0.29, 0.717) is 23.7 Å². The zero-order valence-corrected chi connectivity index (χ0v) is 16.5. The summed E-state index contributed by atoms with van der Waals surface area (Å²) in [5.74, 6) is -0.0834. The molecule has 1 aliphatic carbocycles. The van der Waals surface area contributed by atoms with E-state index in [1.807, 2.05) is 41.3 Å². The van der Waals surface area contributed by atoms with E-state index in [-0.39, 0.29) is 23.8 Å². The lowest BCUT2D eigenvalue weighted by Crippen LogP contribution is -2.49. The van der Waals surface area contributed by atoms with Gasteiger partial charge in [0.15, 0.2) is 0 Å². The Balaban J connectivity index is 1.45. The number of imide groups is 1. The number of urea groups is 1. The van der Waals surface area contributed by atoms with Gasteiger partial charge in [0, 0.05) is 36.2 Å². The summed E-state index contributed by atoms with van der Waals surface area (Å²) in [4.78, 5) is 39.4. The van der Waals surface area contributed by atoms with Crippen LogP contribution in [0.1, 0.15) is 32.1 Å². The van der Waals surface area contributed by atoms with Crippen molar-refractivity contribution in [2.24, 2.45) is 0 Å². The second-order valence-electron chi connectivity index (χ2n) is 7.89. The van der Waals surface area contributed by atoms with Gasteiger partial charge in [0.25, 0.3) is 0 Å². The highest BCUT2D eigenvalue weighted by Gasteiger charge is 2.54. The van der Waals surface area contributed by atoms with E-state index in [0.717, 1.165) is 36.1 Å². The molecular weight excluding hydrogens is 390 g/mol. The summed E-state index contributed by atoms with van der Waals surface area (Å²) in [5, 5.41) is 2.78. The maximum Gasteiger partial charge on any atom is 0.328 e. The van der Waals surface area contributed by atoms with Crippen LogP contribution in [0.25, 0.3) is 11.1 Å². The van der Waals surface area contributed by atoms with E-state index >= 15 is 0 Å². The fourth-order valence-electron chi connectivity index (χ4n) is 4.40. The van der Waals surface area contributed by atoms with Gasteiger partial charge < -0.3 is 4.90 Å². The molecule has 148 valence electrons. The molecular formula is C22H20ClN3O3. The molecule has 2 saturated heterocycles. The zero-order chi connectivity index (χ0) is 20.2. The van der Waals surface area contributed by atoms with Crippen molar-refractivity contribution in [3.8, 4) is 11.1 Å². The summed E-state index contributed by atoms with van der Waals surface area (Å²) in [7, 11) is 0. The monoisotopic (exact) mass is 409 g/mol. The second kappa shape index (κ2) is 6.59.